The minimum Gasteiger partial charge on any atom is -0.342 e. The summed E-state index contributed by atoms with van der Waals surface area (Å²) < 4.78 is 0. The number of para-hydroxylation sites is 2. The van der Waals surface area contributed by atoms with Gasteiger partial charge < -0.3 is 14.7 Å². The zero-order chi connectivity index (χ0) is 27.9. The zero-order valence-electron chi connectivity index (χ0n) is 24.4. The van der Waals surface area contributed by atoms with Crippen molar-refractivity contribution in [1.82, 2.24) is 0 Å². The van der Waals surface area contributed by atoms with E-state index < -0.39 is 0 Å². The topological polar surface area (TPSA) is 9.72 Å². The molecule has 4 heterocycles. The van der Waals surface area contributed by atoms with Crippen molar-refractivity contribution in [3.63, 3.8) is 0 Å². The highest BCUT2D eigenvalue weighted by atomic mass is 15.2. The molecular formula is C38H34BN3. The van der Waals surface area contributed by atoms with Gasteiger partial charge in [0.05, 0.1) is 5.69 Å². The molecule has 5 aromatic rings. The number of aryl methyl sites for hydroxylation is 2. The lowest BCUT2D eigenvalue weighted by atomic mass is 9.33. The van der Waals surface area contributed by atoms with Gasteiger partial charge in [0.1, 0.15) is 0 Å². The number of rotatable bonds is 3. The van der Waals surface area contributed by atoms with E-state index >= 15 is 0 Å². The molecule has 4 heteroatoms. The van der Waals surface area contributed by atoms with Crippen LogP contribution in [0.3, 0.4) is 0 Å². The number of fused-ring (bicyclic) bond motifs is 4. The molecule has 0 amide bonds. The van der Waals surface area contributed by atoms with Gasteiger partial charge in [-0.3, -0.25) is 0 Å². The fourth-order valence-corrected chi connectivity index (χ4v) is 8.34. The highest BCUT2D eigenvalue weighted by Gasteiger charge is 2.45. The van der Waals surface area contributed by atoms with Gasteiger partial charge in [-0.1, -0.05) is 60.7 Å². The van der Waals surface area contributed by atoms with Crippen molar-refractivity contribution in [3.8, 4) is 0 Å². The molecule has 0 radical (unpaired) electrons. The van der Waals surface area contributed by atoms with Crippen LogP contribution < -0.4 is 31.1 Å². The molecule has 9 rings (SSSR count). The highest BCUT2D eigenvalue weighted by molar-refractivity contribution is 7.00. The van der Waals surface area contributed by atoms with Gasteiger partial charge in [-0.25, -0.2) is 0 Å². The van der Waals surface area contributed by atoms with E-state index in [-0.39, 0.29) is 6.71 Å². The minimum atomic E-state index is 0.262. The lowest BCUT2D eigenvalue weighted by Gasteiger charge is -2.48. The average molecular weight is 544 g/mol. The molecule has 42 heavy (non-hydrogen) atoms. The molecule has 5 aromatic carbocycles. The molecule has 4 aliphatic heterocycles. The van der Waals surface area contributed by atoms with E-state index in [0.717, 1.165) is 13.1 Å². The van der Waals surface area contributed by atoms with Crippen LogP contribution in [0.2, 0.25) is 0 Å². The Morgan fingerprint density at radius 3 is 1.52 bits per heavy atom. The van der Waals surface area contributed by atoms with E-state index in [9.17, 15) is 0 Å². The molecule has 0 unspecified atom stereocenters. The highest BCUT2D eigenvalue weighted by Crippen LogP contribution is 2.47. The summed E-state index contributed by atoms with van der Waals surface area (Å²) in [6, 6.07) is 36.4. The van der Waals surface area contributed by atoms with E-state index in [1.165, 1.54) is 93.0 Å². The first-order valence-electron chi connectivity index (χ1n) is 15.6. The van der Waals surface area contributed by atoms with Gasteiger partial charge in [-0.15, -0.1) is 0 Å². The molecule has 3 nitrogen and oxygen atoms in total. The first kappa shape index (κ1) is 24.2. The molecule has 0 spiro atoms. The fourth-order valence-electron chi connectivity index (χ4n) is 8.34. The fraction of sp³-hybridized carbons (Fsp3) is 0.211. The summed E-state index contributed by atoms with van der Waals surface area (Å²) in [5.41, 5.74) is 19.8. The van der Waals surface area contributed by atoms with Gasteiger partial charge in [0, 0.05) is 47.2 Å². The maximum atomic E-state index is 2.68. The smallest absolute Gasteiger partial charge is 0.252 e. The van der Waals surface area contributed by atoms with Crippen molar-refractivity contribution in [2.45, 2.75) is 39.5 Å². The Bertz CT molecular complexity index is 1750. The average Bonchev–Trinajstić information content (AvgIpc) is 3.04. The van der Waals surface area contributed by atoms with Gasteiger partial charge in [0.15, 0.2) is 0 Å². The van der Waals surface area contributed by atoms with Crippen molar-refractivity contribution >= 4 is 62.9 Å². The number of benzene rings is 5. The third-order valence-electron chi connectivity index (χ3n) is 10.2. The van der Waals surface area contributed by atoms with Crippen molar-refractivity contribution in [2.24, 2.45) is 0 Å². The Labute approximate surface area is 249 Å². The van der Waals surface area contributed by atoms with Crippen LogP contribution in [0.25, 0.3) is 0 Å². The Balaban J connectivity index is 1.38. The molecule has 0 aromatic heterocycles. The van der Waals surface area contributed by atoms with Crippen LogP contribution in [0, 0.1) is 13.8 Å². The van der Waals surface area contributed by atoms with Crippen LogP contribution in [0.4, 0.5) is 39.8 Å². The van der Waals surface area contributed by atoms with Crippen molar-refractivity contribution < 1.29 is 0 Å². The second-order valence-corrected chi connectivity index (χ2v) is 12.4. The second-order valence-electron chi connectivity index (χ2n) is 12.4. The maximum Gasteiger partial charge on any atom is 0.252 e. The Kier molecular flexibility index (Phi) is 5.20. The van der Waals surface area contributed by atoms with E-state index in [1.807, 2.05) is 0 Å². The Hall–Kier alpha value is -4.44. The minimum absolute atomic E-state index is 0.262. The van der Waals surface area contributed by atoms with E-state index in [1.54, 1.807) is 11.1 Å². The van der Waals surface area contributed by atoms with Crippen LogP contribution in [0.5, 0.6) is 0 Å². The molecule has 0 N–H and O–H groups in total. The number of hydrogen-bond donors (Lipinski definition) is 0. The maximum absolute atomic E-state index is 2.68. The largest absolute Gasteiger partial charge is 0.342 e. The third-order valence-corrected chi connectivity index (χ3v) is 10.2. The molecule has 0 aliphatic carbocycles. The summed E-state index contributed by atoms with van der Waals surface area (Å²) in [4.78, 5) is 7.80. The summed E-state index contributed by atoms with van der Waals surface area (Å²) >= 11 is 0. The predicted molar refractivity (Wildman–Crippen MR) is 179 cm³/mol. The Morgan fingerprint density at radius 1 is 0.571 bits per heavy atom. The summed E-state index contributed by atoms with van der Waals surface area (Å²) in [6.07, 6.45) is 4.70. The first-order valence-corrected chi connectivity index (χ1v) is 15.6. The molecule has 0 fully saturated rings. The van der Waals surface area contributed by atoms with Crippen molar-refractivity contribution in [3.05, 3.63) is 119 Å². The monoisotopic (exact) mass is 543 g/mol. The predicted octanol–water partition coefficient (Wildman–Crippen LogP) is 7.08. The molecule has 4 aliphatic rings. The summed E-state index contributed by atoms with van der Waals surface area (Å²) in [5.74, 6) is 0. The van der Waals surface area contributed by atoms with Crippen LogP contribution in [0.15, 0.2) is 97.1 Å². The summed E-state index contributed by atoms with van der Waals surface area (Å²) in [6.45, 7) is 7.00. The summed E-state index contributed by atoms with van der Waals surface area (Å²) in [7, 11) is 0. The number of hydrogen-bond acceptors (Lipinski definition) is 3. The second kappa shape index (κ2) is 9.03. The van der Waals surface area contributed by atoms with Gasteiger partial charge >= 0.3 is 0 Å². The van der Waals surface area contributed by atoms with Crippen LogP contribution >= 0.6 is 0 Å². The first-order chi connectivity index (χ1) is 20.7. The van der Waals surface area contributed by atoms with Gasteiger partial charge in [0.25, 0.3) is 6.71 Å². The van der Waals surface area contributed by atoms with Crippen LogP contribution in [-0.4, -0.2) is 19.8 Å². The lowest BCUT2D eigenvalue weighted by molar-refractivity contribution is 0.757. The van der Waals surface area contributed by atoms with Crippen LogP contribution in [-0.2, 0) is 12.8 Å². The van der Waals surface area contributed by atoms with Gasteiger partial charge in [-0.2, -0.15) is 0 Å². The number of anilines is 7. The van der Waals surface area contributed by atoms with E-state index in [4.69, 9.17) is 0 Å². The van der Waals surface area contributed by atoms with E-state index in [2.05, 4.69) is 126 Å². The molecular weight excluding hydrogens is 509 g/mol. The quantitative estimate of drug-likeness (QED) is 0.225. The molecule has 204 valence electrons. The third kappa shape index (κ3) is 3.29. The van der Waals surface area contributed by atoms with Crippen LogP contribution in [0.1, 0.15) is 35.1 Å². The SMILES string of the molecule is Cc1ccc2c3c1CCCN3c1cc(N(c3ccccc3)c3ccccc3)cc3c1B2c1ccc(C)c2c1N3CCC2. The van der Waals surface area contributed by atoms with Gasteiger partial charge in [0.2, 0.25) is 0 Å². The number of nitrogens with zero attached hydrogens (tertiary/aromatic N) is 3. The normalized spacial score (nSPS) is 15.6. The zero-order valence-corrected chi connectivity index (χ0v) is 24.4. The summed E-state index contributed by atoms with van der Waals surface area (Å²) in [5, 5.41) is 0. The molecule has 0 saturated heterocycles. The standard InChI is InChI=1S/C38H34BN3/c1-25-17-19-32-37-30(25)15-9-21-40(37)34-23-29(42(27-11-5-3-6-12-27)28-13-7-4-8-14-28)24-35-36(34)39(32)33-20-18-26(2)31-16-10-22-41(35)38(31)33/h3-8,11-14,17-20,23-24H,9-10,15-16,21-22H2,1-2H3. The molecule has 0 saturated carbocycles. The van der Waals surface area contributed by atoms with E-state index in [0.29, 0.717) is 0 Å². The molecule has 0 atom stereocenters. The molecule has 0 bridgehead atoms. The van der Waals surface area contributed by atoms with Gasteiger partial charge in [-0.05, 0) is 115 Å². The Morgan fingerprint density at radius 2 is 1.05 bits per heavy atom. The van der Waals surface area contributed by atoms with Crippen molar-refractivity contribution in [1.29, 1.82) is 0 Å². The van der Waals surface area contributed by atoms with Crippen molar-refractivity contribution in [2.75, 3.05) is 27.8 Å². The lowest BCUT2D eigenvalue weighted by Crippen LogP contribution is -2.63.